The number of alkyl halides is 1. The zero-order valence-electron chi connectivity index (χ0n) is 41.4. The number of aromatic nitrogens is 1. The Bertz CT molecular complexity index is 1930. The molecule has 0 radical (unpaired) electrons. The van der Waals surface area contributed by atoms with Crippen LogP contribution in [-0.4, -0.2) is 163 Å². The smallest absolute Gasteiger partial charge is 0.144 e. The first kappa shape index (κ1) is 53.0. The van der Waals surface area contributed by atoms with Gasteiger partial charge < -0.3 is 40.4 Å². The van der Waals surface area contributed by atoms with Gasteiger partial charge in [0.1, 0.15) is 11.5 Å². The van der Waals surface area contributed by atoms with Crippen LogP contribution in [0.3, 0.4) is 0 Å². The Morgan fingerprint density at radius 2 is 1.44 bits per heavy atom. The maximum Gasteiger partial charge on any atom is 0.144 e. The normalized spacial score (nSPS) is 21.7. The number of halogens is 1. The third kappa shape index (κ3) is 16.4. The quantitative estimate of drug-likeness (QED) is 0.0759. The molecule has 66 heavy (non-hydrogen) atoms. The number of hydrogen-bond acceptors (Lipinski definition) is 11. The molecule has 0 bridgehead atoms. The first-order valence-corrected chi connectivity index (χ1v) is 25.6. The number of nitrogens with zero attached hydrogens (tertiary/aromatic N) is 8. The molecule has 3 fully saturated rings. The zero-order chi connectivity index (χ0) is 47.6. The molecule has 1 aromatic carbocycles. The van der Waals surface area contributed by atoms with Crippen molar-refractivity contribution < 1.29 is 4.39 Å². The molecule has 2 aromatic rings. The fourth-order valence-corrected chi connectivity index (χ4v) is 10.1. The molecule has 1 aromatic heterocycles. The van der Waals surface area contributed by atoms with Crippen molar-refractivity contribution >= 4 is 25.8 Å². The van der Waals surface area contributed by atoms with Crippen molar-refractivity contribution in [2.75, 3.05) is 111 Å². The Morgan fingerprint density at radius 3 is 2.05 bits per heavy atom. The topological polar surface area (TPSA) is 92.2 Å². The van der Waals surface area contributed by atoms with Crippen molar-refractivity contribution in [1.29, 1.82) is 5.26 Å². The van der Waals surface area contributed by atoms with E-state index >= 15 is 0 Å². The summed E-state index contributed by atoms with van der Waals surface area (Å²) in [5, 5.41) is 19.8. The molecule has 0 aliphatic carbocycles. The number of benzene rings is 1. The molecule has 3 N–H and O–H groups in total. The highest BCUT2D eigenvalue weighted by Gasteiger charge is 2.41. The Kier molecular flexibility index (Phi) is 21.3. The van der Waals surface area contributed by atoms with Crippen LogP contribution in [0.25, 0.3) is 16.6 Å². The van der Waals surface area contributed by atoms with Gasteiger partial charge in [0.15, 0.2) is 0 Å². The summed E-state index contributed by atoms with van der Waals surface area (Å²) in [6, 6.07) is 10.3. The lowest BCUT2D eigenvalue weighted by molar-refractivity contribution is 0.143. The van der Waals surface area contributed by atoms with Gasteiger partial charge in [-0.25, -0.2) is 4.39 Å². The highest BCUT2D eigenvalue weighted by molar-refractivity contribution is 7.18. The summed E-state index contributed by atoms with van der Waals surface area (Å²) < 4.78 is 14.6. The fourth-order valence-electron chi connectivity index (χ4n) is 9.71. The van der Waals surface area contributed by atoms with Crippen LogP contribution in [0.5, 0.6) is 0 Å². The molecule has 5 rings (SSSR count). The van der Waals surface area contributed by atoms with Crippen molar-refractivity contribution in [2.24, 2.45) is 5.92 Å². The van der Waals surface area contributed by atoms with Gasteiger partial charge in [-0.15, -0.1) is 0 Å². The van der Waals surface area contributed by atoms with E-state index in [0.29, 0.717) is 18.8 Å². The van der Waals surface area contributed by atoms with Crippen LogP contribution in [0.2, 0.25) is 0 Å². The Hall–Kier alpha value is -3.98. The van der Waals surface area contributed by atoms with E-state index in [-0.39, 0.29) is 19.0 Å². The number of aryl methyl sites for hydroxylation is 1. The number of likely N-dealkylation sites (N-methyl/N-ethyl adjacent to an activating group) is 3. The summed E-state index contributed by atoms with van der Waals surface area (Å²) in [7, 11) is 2.24. The molecule has 0 amide bonds. The van der Waals surface area contributed by atoms with Gasteiger partial charge in [0.05, 0.1) is 37.3 Å². The van der Waals surface area contributed by atoms with Crippen LogP contribution in [0.15, 0.2) is 86.1 Å². The summed E-state index contributed by atoms with van der Waals surface area (Å²) >= 11 is 0. The zero-order valence-corrected chi connectivity index (χ0v) is 42.5. The van der Waals surface area contributed by atoms with Crippen molar-refractivity contribution in [3.05, 3.63) is 97.3 Å². The van der Waals surface area contributed by atoms with Gasteiger partial charge in [-0.3, -0.25) is 9.88 Å². The lowest BCUT2D eigenvalue weighted by Gasteiger charge is -2.35. The lowest BCUT2D eigenvalue weighted by atomic mass is 9.90. The minimum atomic E-state index is -1.48. The fraction of sp³-hybridized carbons (Fsp3) is 0.623. The van der Waals surface area contributed by atoms with E-state index in [4.69, 9.17) is 0 Å². The summed E-state index contributed by atoms with van der Waals surface area (Å²) in [6.07, 6.45) is 10.3. The van der Waals surface area contributed by atoms with Gasteiger partial charge in [-0.2, -0.15) is 5.26 Å². The summed E-state index contributed by atoms with van der Waals surface area (Å²) in [4.78, 5) is 19.2. The molecule has 11 nitrogen and oxygen atoms in total. The minimum absolute atomic E-state index is 0.0652. The second kappa shape index (κ2) is 26.5. The lowest BCUT2D eigenvalue weighted by Crippen LogP contribution is -2.47. The second-order valence-electron chi connectivity index (χ2n) is 19.1. The van der Waals surface area contributed by atoms with Crippen LogP contribution in [0.1, 0.15) is 83.8 Å². The molecular weight excluding hydrogens is 841 g/mol. The summed E-state index contributed by atoms with van der Waals surface area (Å²) in [5.74, 6) is 0.769. The van der Waals surface area contributed by atoms with Gasteiger partial charge >= 0.3 is 0 Å². The predicted octanol–water partition coefficient (Wildman–Crippen LogP) is 7.65. The Labute approximate surface area is 401 Å². The van der Waals surface area contributed by atoms with E-state index < -0.39 is 11.5 Å². The van der Waals surface area contributed by atoms with Crippen molar-refractivity contribution in [3.8, 4) is 6.07 Å². The van der Waals surface area contributed by atoms with Crippen LogP contribution in [0, 0.1) is 17.2 Å². The third-order valence-corrected chi connectivity index (χ3v) is 14.7. The van der Waals surface area contributed by atoms with Gasteiger partial charge in [0.2, 0.25) is 0 Å². The SMILES string of the molecule is C=C(CN1CCN(CC)CCN(CC)CCN(CC)CC1)NC(C)C(=C)NCC(=C)N1CCC(CCCCCc2ccc3nccc(C(=C)NCC(=C)N4CC(F)(P)CC4C#N)c3c2)CC1. The molecule has 364 valence electrons. The van der Waals surface area contributed by atoms with E-state index in [1.807, 2.05) is 12.3 Å². The largest absolute Gasteiger partial charge is 0.382 e. The molecule has 0 saturated carbocycles. The Balaban J connectivity index is 0.968. The van der Waals surface area contributed by atoms with Gasteiger partial charge in [-0.1, -0.05) is 88.2 Å². The highest BCUT2D eigenvalue weighted by atomic mass is 31.0. The number of fused-ring (bicyclic) bond motifs is 1. The van der Waals surface area contributed by atoms with E-state index in [9.17, 15) is 9.65 Å². The number of rotatable bonds is 23. The average Bonchev–Trinajstić information content (AvgIpc) is 3.64. The summed E-state index contributed by atoms with van der Waals surface area (Å²) in [6.45, 7) is 47.1. The first-order chi connectivity index (χ1) is 31.7. The molecule has 3 aliphatic heterocycles. The number of nitrogens with one attached hydrogen (secondary N) is 3. The molecule has 3 aliphatic rings. The number of piperidine rings is 1. The Morgan fingerprint density at radius 1 is 0.833 bits per heavy atom. The predicted molar refractivity (Wildman–Crippen MR) is 279 cm³/mol. The number of nitriles is 1. The highest BCUT2D eigenvalue weighted by Crippen LogP contribution is 2.37. The average molecular weight is 926 g/mol. The van der Waals surface area contributed by atoms with Crippen molar-refractivity contribution in [3.63, 3.8) is 0 Å². The molecule has 13 heteroatoms. The molecule has 3 saturated heterocycles. The maximum absolute atomic E-state index is 14.6. The third-order valence-electron chi connectivity index (χ3n) is 14.3. The van der Waals surface area contributed by atoms with Gasteiger partial charge in [0.25, 0.3) is 0 Å². The van der Waals surface area contributed by atoms with Crippen molar-refractivity contribution in [2.45, 2.75) is 96.6 Å². The van der Waals surface area contributed by atoms with Crippen LogP contribution in [0.4, 0.5) is 4.39 Å². The molecule has 4 atom stereocenters. The molecule has 4 heterocycles. The minimum Gasteiger partial charge on any atom is -0.382 e. The summed E-state index contributed by atoms with van der Waals surface area (Å²) in [5.41, 5.74) is 7.81. The monoisotopic (exact) mass is 926 g/mol. The standard InChI is InChI=1S/C53H85FN11P/c1-10-60-26-28-61(11-2)30-32-63(33-31-62(12-3)29-27-60)39-41(4)59-45(8)44(7)57-37-42(5)64-24-21-47(22-25-64)16-14-13-15-17-48-18-19-52-51(34-48)50(20-23-56-52)46(9)58-38-43(6)65-40-53(54,66)35-49(65)36-55/h18-20,23,34,45,47,49,57-59H,4-7,9-17,21-22,24-33,35,37-40,66H2,1-3,8H3. The number of unbranched alkanes of at least 4 members (excludes halogenated alkanes) is 2. The molecular formula is C53H85FN11P. The van der Waals surface area contributed by atoms with Crippen LogP contribution < -0.4 is 16.0 Å². The molecule has 0 spiro atoms. The van der Waals surface area contributed by atoms with Crippen molar-refractivity contribution in [1.82, 2.24) is 50.3 Å². The number of pyridine rings is 1. The van der Waals surface area contributed by atoms with E-state index in [0.717, 1.165) is 150 Å². The molecule has 4 unspecified atom stereocenters. The van der Waals surface area contributed by atoms with Gasteiger partial charge in [0, 0.05) is 124 Å². The van der Waals surface area contributed by atoms with Crippen LogP contribution in [-0.2, 0) is 6.42 Å². The maximum atomic E-state index is 14.6. The first-order valence-electron chi connectivity index (χ1n) is 25.0. The number of likely N-dealkylation sites (tertiary alicyclic amines) is 2. The van der Waals surface area contributed by atoms with Crippen LogP contribution >= 0.6 is 9.24 Å². The van der Waals surface area contributed by atoms with Gasteiger partial charge in [-0.05, 0) is 81.9 Å². The second-order valence-corrected chi connectivity index (χ2v) is 20.2. The van der Waals surface area contributed by atoms with E-state index in [1.165, 1.54) is 37.7 Å². The van der Waals surface area contributed by atoms with E-state index in [1.54, 1.807) is 4.90 Å². The number of hydrogen-bond donors (Lipinski definition) is 3. The van der Waals surface area contributed by atoms with E-state index in [2.05, 4.69) is 140 Å².